The summed E-state index contributed by atoms with van der Waals surface area (Å²) in [6.07, 6.45) is 1.86. The zero-order chi connectivity index (χ0) is 11.7. The number of carbonyl (C=O) groups excluding carboxylic acids is 2. The van der Waals surface area contributed by atoms with Crippen LogP contribution in [0.4, 0.5) is 0 Å². The average molecular weight is 238 g/mol. The number of nitrogens with one attached hydrogen (secondary N) is 2. The second-order valence-electron chi connectivity index (χ2n) is 4.04. The third-order valence-electron chi connectivity index (χ3n) is 2.53. The fourth-order valence-corrected chi connectivity index (χ4v) is 2.41. The molecule has 0 unspecified atom stereocenters. The Labute approximate surface area is 98.0 Å². The number of hydrogen-bond acceptors (Lipinski definition) is 3. The summed E-state index contributed by atoms with van der Waals surface area (Å²) < 4.78 is 0. The van der Waals surface area contributed by atoms with Gasteiger partial charge in [-0.1, -0.05) is 0 Å². The zero-order valence-corrected chi connectivity index (χ0v) is 10.1. The molecule has 2 rings (SSSR count). The Morgan fingerprint density at radius 2 is 2.00 bits per heavy atom. The van der Waals surface area contributed by atoms with E-state index in [0.717, 1.165) is 22.6 Å². The summed E-state index contributed by atoms with van der Waals surface area (Å²) >= 11 is 1.58. The van der Waals surface area contributed by atoms with Crippen molar-refractivity contribution in [2.75, 3.05) is 0 Å². The van der Waals surface area contributed by atoms with Crippen molar-refractivity contribution in [3.05, 3.63) is 21.4 Å². The van der Waals surface area contributed by atoms with Gasteiger partial charge in [-0.05, 0) is 32.8 Å². The maximum atomic E-state index is 11.7. The first-order valence-corrected chi connectivity index (χ1v) is 6.07. The van der Waals surface area contributed by atoms with E-state index in [1.807, 2.05) is 19.9 Å². The third-order valence-corrected chi connectivity index (χ3v) is 3.50. The van der Waals surface area contributed by atoms with E-state index < -0.39 is 0 Å². The Morgan fingerprint density at radius 1 is 1.31 bits per heavy atom. The minimum Gasteiger partial charge on any atom is -0.273 e. The molecular weight excluding hydrogens is 224 g/mol. The Balaban J connectivity index is 1.92. The molecule has 1 heterocycles. The van der Waals surface area contributed by atoms with Crippen LogP contribution in [0, 0.1) is 19.8 Å². The Bertz CT molecular complexity index is 435. The van der Waals surface area contributed by atoms with E-state index in [9.17, 15) is 9.59 Å². The van der Waals surface area contributed by atoms with Crippen LogP contribution in [0.2, 0.25) is 0 Å². The van der Waals surface area contributed by atoms with Gasteiger partial charge in [0.15, 0.2) is 0 Å². The Morgan fingerprint density at radius 3 is 2.50 bits per heavy atom. The summed E-state index contributed by atoms with van der Waals surface area (Å²) in [7, 11) is 0. The second-order valence-corrected chi connectivity index (χ2v) is 5.51. The number of rotatable bonds is 2. The molecule has 86 valence electrons. The molecule has 5 heteroatoms. The monoisotopic (exact) mass is 238 g/mol. The molecule has 1 saturated carbocycles. The highest BCUT2D eigenvalue weighted by molar-refractivity contribution is 7.12. The van der Waals surface area contributed by atoms with Gasteiger partial charge in [0.25, 0.3) is 5.91 Å². The number of hydrogen-bond donors (Lipinski definition) is 2. The van der Waals surface area contributed by atoms with Crippen LogP contribution in [0.15, 0.2) is 6.07 Å². The van der Waals surface area contributed by atoms with Gasteiger partial charge in [-0.25, -0.2) is 0 Å². The van der Waals surface area contributed by atoms with Crippen molar-refractivity contribution in [1.82, 2.24) is 10.9 Å². The van der Waals surface area contributed by atoms with Crippen LogP contribution in [0.3, 0.4) is 0 Å². The largest absolute Gasteiger partial charge is 0.273 e. The summed E-state index contributed by atoms with van der Waals surface area (Å²) in [6.45, 7) is 3.85. The maximum absolute atomic E-state index is 11.7. The van der Waals surface area contributed by atoms with Crippen LogP contribution >= 0.6 is 11.3 Å². The zero-order valence-electron chi connectivity index (χ0n) is 9.29. The number of carbonyl (C=O) groups is 2. The molecule has 0 aromatic carbocycles. The number of thiophene rings is 1. The molecule has 2 N–H and O–H groups in total. The fourth-order valence-electron chi connectivity index (χ4n) is 1.49. The van der Waals surface area contributed by atoms with Gasteiger partial charge in [-0.15, -0.1) is 11.3 Å². The molecule has 0 radical (unpaired) electrons. The second kappa shape index (κ2) is 4.25. The van der Waals surface area contributed by atoms with Gasteiger partial charge in [-0.2, -0.15) is 0 Å². The molecular formula is C11H14N2O2S. The topological polar surface area (TPSA) is 58.2 Å². The maximum Gasteiger partial charge on any atom is 0.270 e. The van der Waals surface area contributed by atoms with E-state index in [4.69, 9.17) is 0 Å². The summed E-state index contributed by atoms with van der Waals surface area (Å²) in [5.74, 6) is -0.223. The molecule has 0 aliphatic heterocycles. The molecule has 0 saturated heterocycles. The molecule has 0 spiro atoms. The van der Waals surface area contributed by atoms with Crippen molar-refractivity contribution in [3.63, 3.8) is 0 Å². The first-order valence-electron chi connectivity index (χ1n) is 5.25. The number of aryl methyl sites for hydroxylation is 2. The van der Waals surface area contributed by atoms with Gasteiger partial charge in [-0.3, -0.25) is 20.4 Å². The molecule has 1 aromatic rings. The van der Waals surface area contributed by atoms with Gasteiger partial charge in [0, 0.05) is 15.7 Å². The van der Waals surface area contributed by atoms with Crippen LogP contribution in [0.1, 0.15) is 33.0 Å². The van der Waals surface area contributed by atoms with E-state index >= 15 is 0 Å². The predicted molar refractivity (Wildman–Crippen MR) is 62.1 cm³/mol. The van der Waals surface area contributed by atoms with Crippen molar-refractivity contribution < 1.29 is 9.59 Å². The van der Waals surface area contributed by atoms with E-state index in [2.05, 4.69) is 10.9 Å². The molecule has 16 heavy (non-hydrogen) atoms. The molecule has 0 atom stereocenters. The summed E-state index contributed by atoms with van der Waals surface area (Å²) in [4.78, 5) is 25.1. The molecule has 4 nitrogen and oxygen atoms in total. The highest BCUT2D eigenvalue weighted by Gasteiger charge is 2.29. The van der Waals surface area contributed by atoms with E-state index in [-0.39, 0.29) is 17.7 Å². The van der Waals surface area contributed by atoms with Crippen molar-refractivity contribution in [2.45, 2.75) is 26.7 Å². The van der Waals surface area contributed by atoms with E-state index in [0.29, 0.717) is 5.56 Å². The molecule has 1 aliphatic rings. The molecule has 2 amide bonds. The summed E-state index contributed by atoms with van der Waals surface area (Å²) in [6, 6.07) is 1.83. The minimum absolute atomic E-state index is 0.0852. The van der Waals surface area contributed by atoms with Gasteiger partial charge in [0.1, 0.15) is 0 Å². The molecule has 1 fully saturated rings. The number of hydrazine groups is 1. The van der Waals surface area contributed by atoms with Gasteiger partial charge in [0.05, 0.1) is 5.56 Å². The lowest BCUT2D eigenvalue weighted by Crippen LogP contribution is -2.42. The molecule has 1 aromatic heterocycles. The summed E-state index contributed by atoms with van der Waals surface area (Å²) in [5, 5.41) is 0. The van der Waals surface area contributed by atoms with Crippen LogP contribution in [-0.4, -0.2) is 11.8 Å². The highest BCUT2D eigenvalue weighted by Crippen LogP contribution is 2.28. The highest BCUT2D eigenvalue weighted by atomic mass is 32.1. The Kier molecular flexibility index (Phi) is 2.96. The van der Waals surface area contributed by atoms with Crippen LogP contribution in [-0.2, 0) is 4.79 Å². The van der Waals surface area contributed by atoms with Crippen LogP contribution in [0.25, 0.3) is 0 Å². The van der Waals surface area contributed by atoms with Crippen molar-refractivity contribution in [2.24, 2.45) is 5.92 Å². The summed E-state index contributed by atoms with van der Waals surface area (Å²) in [5.41, 5.74) is 5.53. The van der Waals surface area contributed by atoms with Crippen molar-refractivity contribution >= 4 is 23.2 Å². The van der Waals surface area contributed by atoms with Crippen LogP contribution in [0.5, 0.6) is 0 Å². The fraction of sp³-hybridized carbons (Fsp3) is 0.455. The smallest absolute Gasteiger partial charge is 0.270 e. The van der Waals surface area contributed by atoms with Gasteiger partial charge < -0.3 is 0 Å². The van der Waals surface area contributed by atoms with Crippen molar-refractivity contribution in [3.8, 4) is 0 Å². The van der Waals surface area contributed by atoms with E-state index in [1.54, 1.807) is 11.3 Å². The normalized spacial score (nSPS) is 14.6. The number of amides is 2. The minimum atomic E-state index is -0.240. The first kappa shape index (κ1) is 11.1. The Hall–Kier alpha value is -1.36. The third kappa shape index (κ3) is 2.41. The SMILES string of the molecule is Cc1cc(C(=O)NNC(=O)C2CC2)c(C)s1. The van der Waals surface area contributed by atoms with Gasteiger partial charge >= 0.3 is 0 Å². The lowest BCUT2D eigenvalue weighted by atomic mass is 10.2. The lowest BCUT2D eigenvalue weighted by molar-refractivity contribution is -0.123. The van der Waals surface area contributed by atoms with Crippen LogP contribution < -0.4 is 10.9 Å². The lowest BCUT2D eigenvalue weighted by Gasteiger charge is -2.05. The first-order chi connectivity index (χ1) is 7.58. The van der Waals surface area contributed by atoms with Crippen molar-refractivity contribution in [1.29, 1.82) is 0 Å². The molecule has 1 aliphatic carbocycles. The van der Waals surface area contributed by atoms with E-state index in [1.165, 1.54) is 0 Å². The standard InChI is InChI=1S/C11H14N2O2S/c1-6-5-9(7(2)16-6)11(15)13-12-10(14)8-3-4-8/h5,8H,3-4H2,1-2H3,(H,12,14)(H,13,15). The quantitative estimate of drug-likeness (QED) is 0.768. The average Bonchev–Trinajstić information content (AvgIpc) is 3.01. The predicted octanol–water partition coefficient (Wildman–Crippen LogP) is 1.54. The van der Waals surface area contributed by atoms with Gasteiger partial charge in [0.2, 0.25) is 5.91 Å². The molecule has 0 bridgehead atoms.